The van der Waals surface area contributed by atoms with Gasteiger partial charge in [-0.25, -0.2) is 9.97 Å². The van der Waals surface area contributed by atoms with Gasteiger partial charge in [-0.05, 0) is 12.6 Å². The third-order valence-electron chi connectivity index (χ3n) is 4.25. The van der Waals surface area contributed by atoms with E-state index in [0.717, 1.165) is 0 Å². The zero-order chi connectivity index (χ0) is 23.8. The quantitative estimate of drug-likeness (QED) is 0.325. The average molecular weight is 674 g/mol. The molecule has 0 saturated carbocycles. The number of hydrogen-bond donors (Lipinski definition) is 3. The number of anilines is 2. The summed E-state index contributed by atoms with van der Waals surface area (Å²) in [6.07, 6.45) is 6.27. The minimum atomic E-state index is -0.501. The fourth-order valence-corrected chi connectivity index (χ4v) is 2.81. The van der Waals surface area contributed by atoms with Gasteiger partial charge in [0.15, 0.2) is 11.6 Å². The van der Waals surface area contributed by atoms with Gasteiger partial charge >= 0.3 is 28.2 Å². The molecule has 0 saturated heterocycles. The van der Waals surface area contributed by atoms with Crippen molar-refractivity contribution < 1.29 is 33.2 Å². The number of nitrogens with two attached hydrogens (primary N) is 1. The summed E-state index contributed by atoms with van der Waals surface area (Å²) in [4.78, 5) is 45.1. The number of imidazole rings is 2. The second-order valence-electron chi connectivity index (χ2n) is 6.56. The molecule has 3 aromatic heterocycles. The third kappa shape index (κ3) is 7.52. The van der Waals surface area contributed by atoms with Crippen LogP contribution in [0.15, 0.2) is 30.9 Å². The number of carbonyl (C=O) groups is 3. The SMILES string of the molecule is Cn1cc(NC(=O)c2nc(NC(=O)c3nccn3C)cn2C)cc1C(=O)NCC[NH-].[CH3-].[Cl][Pt].[NH2-]. The number of amides is 3. The van der Waals surface area contributed by atoms with Crippen molar-refractivity contribution >= 4 is 38.6 Å². The average Bonchev–Trinajstić information content (AvgIpc) is 3.46. The van der Waals surface area contributed by atoms with Crippen LogP contribution in [-0.2, 0) is 39.9 Å². The maximum Gasteiger partial charge on any atom is -0.693 e. The van der Waals surface area contributed by atoms with E-state index >= 15 is 0 Å². The molecule has 34 heavy (non-hydrogen) atoms. The smallest absolute Gasteiger partial charge is 0.693 e. The molecule has 0 aliphatic carbocycles. The molecule has 3 heterocycles. The predicted octanol–water partition coefficient (Wildman–Crippen LogP) is 2.63. The molecule has 0 atom stereocenters. The van der Waals surface area contributed by atoms with Crippen molar-refractivity contribution in [1.82, 2.24) is 29.0 Å². The van der Waals surface area contributed by atoms with E-state index in [2.05, 4.69) is 35.3 Å². The molecule has 0 fully saturated rings. The third-order valence-corrected chi connectivity index (χ3v) is 4.25. The molecule has 0 spiro atoms. The van der Waals surface area contributed by atoms with Crippen LogP contribution in [0.4, 0.5) is 11.5 Å². The standard InChI is InChI=1S/C18H22N9O3.CH3.ClH.H2N.Pt/c1-25-7-6-20-14(25)17(29)24-13-10-27(3)15(23-13)18(30)22-11-8-12(26(2)9-11)16(28)21-5-4-19;;;;/h6-10,19H,4-5H2,1-3H3,(H,21,28)(H,22,30)(H,24,29);1H3;1H;1H2;/q2*-1;;-1;+1/p-1. The van der Waals surface area contributed by atoms with E-state index in [1.165, 1.54) is 23.0 Å². The predicted molar refractivity (Wildman–Crippen MR) is 127 cm³/mol. The molecule has 0 radical (unpaired) electrons. The Morgan fingerprint density at radius 2 is 1.65 bits per heavy atom. The van der Waals surface area contributed by atoms with E-state index in [4.69, 9.17) is 5.73 Å². The molecule has 3 aromatic rings. The Balaban J connectivity index is 0.00000265. The van der Waals surface area contributed by atoms with Crippen molar-refractivity contribution in [3.05, 3.63) is 67.5 Å². The maximum atomic E-state index is 12.6. The van der Waals surface area contributed by atoms with Crippen LogP contribution in [0, 0.1) is 7.43 Å². The van der Waals surface area contributed by atoms with Gasteiger partial charge < -0.3 is 49.0 Å². The Morgan fingerprint density at radius 1 is 1.00 bits per heavy atom. The molecule has 13 nitrogen and oxygen atoms in total. The van der Waals surface area contributed by atoms with Crippen molar-refractivity contribution in [1.29, 1.82) is 0 Å². The molecule has 191 valence electrons. The van der Waals surface area contributed by atoms with Gasteiger partial charge in [0.05, 0.1) is 5.69 Å². The summed E-state index contributed by atoms with van der Waals surface area (Å²) in [7, 11) is 9.61. The molecular weight excluding hydrogens is 647 g/mol. The molecular formula is C19H27ClN10O3Pt-3. The largest absolute Gasteiger partial charge is 0.693 e. The van der Waals surface area contributed by atoms with Crippen molar-refractivity contribution in [2.45, 2.75) is 0 Å². The number of nitrogens with zero attached hydrogens (tertiary/aromatic N) is 5. The van der Waals surface area contributed by atoms with Gasteiger partial charge in [-0.15, -0.1) is 6.54 Å². The van der Waals surface area contributed by atoms with Gasteiger partial charge in [0.25, 0.3) is 17.7 Å². The Kier molecular flexibility index (Phi) is 13.1. The number of hydrogen-bond acceptors (Lipinski definition) is 5. The van der Waals surface area contributed by atoms with Crippen molar-refractivity contribution in [2.75, 3.05) is 23.7 Å². The first kappa shape index (κ1) is 31.0. The molecule has 3 rings (SSSR count). The molecule has 0 aliphatic rings. The Bertz CT molecular complexity index is 1110. The normalized spacial score (nSPS) is 9.62. The van der Waals surface area contributed by atoms with Crippen LogP contribution in [0.2, 0.25) is 0 Å². The molecule has 0 aliphatic heterocycles. The van der Waals surface area contributed by atoms with Gasteiger partial charge in [0, 0.05) is 45.9 Å². The maximum absolute atomic E-state index is 12.6. The molecule has 6 N–H and O–H groups in total. The molecule has 0 bridgehead atoms. The van der Waals surface area contributed by atoms with E-state index in [9.17, 15) is 14.4 Å². The topological polar surface area (TPSA) is 185 Å². The summed E-state index contributed by atoms with van der Waals surface area (Å²) >= 11 is 1.61. The Morgan fingerprint density at radius 3 is 2.24 bits per heavy atom. The zero-order valence-electron chi connectivity index (χ0n) is 19.0. The summed E-state index contributed by atoms with van der Waals surface area (Å²) < 4.78 is 4.62. The summed E-state index contributed by atoms with van der Waals surface area (Å²) in [5, 5.41) is 7.90. The van der Waals surface area contributed by atoms with Gasteiger partial charge in [-0.3, -0.25) is 14.4 Å². The van der Waals surface area contributed by atoms with Crippen LogP contribution in [-0.4, -0.2) is 54.5 Å². The number of aryl methyl sites for hydroxylation is 3. The first-order chi connectivity index (χ1) is 15.3. The Labute approximate surface area is 212 Å². The van der Waals surface area contributed by atoms with Gasteiger partial charge in [0.1, 0.15) is 5.69 Å². The fourth-order valence-electron chi connectivity index (χ4n) is 2.81. The van der Waals surface area contributed by atoms with E-state index in [-0.39, 0.29) is 50.0 Å². The van der Waals surface area contributed by atoms with Gasteiger partial charge in [-0.1, -0.05) is 0 Å². The van der Waals surface area contributed by atoms with Crippen LogP contribution < -0.4 is 16.0 Å². The first-order valence-electron chi connectivity index (χ1n) is 9.14. The molecule has 0 unspecified atom stereocenters. The van der Waals surface area contributed by atoms with Crippen LogP contribution >= 0.6 is 9.42 Å². The molecule has 0 aromatic carbocycles. The van der Waals surface area contributed by atoms with Crippen LogP contribution in [0.1, 0.15) is 31.7 Å². The number of nitrogens with one attached hydrogen (secondary N) is 4. The van der Waals surface area contributed by atoms with Crippen molar-refractivity contribution in [3.8, 4) is 0 Å². The number of aromatic nitrogens is 5. The minimum absolute atomic E-state index is 0. The van der Waals surface area contributed by atoms with E-state index in [0.29, 0.717) is 11.4 Å². The van der Waals surface area contributed by atoms with Crippen LogP contribution in [0.3, 0.4) is 0 Å². The summed E-state index contributed by atoms with van der Waals surface area (Å²) in [5.74, 6) is -0.778. The fraction of sp³-hybridized carbons (Fsp3) is 0.263. The Hall–Kier alpha value is -2.99. The van der Waals surface area contributed by atoms with Gasteiger partial charge in [0.2, 0.25) is 5.82 Å². The van der Waals surface area contributed by atoms with Crippen molar-refractivity contribution in [3.63, 3.8) is 0 Å². The van der Waals surface area contributed by atoms with E-state index in [1.54, 1.807) is 61.4 Å². The number of carbonyl (C=O) groups excluding carboxylic acids is 3. The monoisotopic (exact) mass is 673 g/mol. The summed E-state index contributed by atoms with van der Waals surface area (Å²) in [6.45, 7) is 0.323. The minimum Gasteiger partial charge on any atom is -0.693 e. The van der Waals surface area contributed by atoms with E-state index in [1.807, 2.05) is 0 Å². The van der Waals surface area contributed by atoms with E-state index < -0.39 is 11.8 Å². The second-order valence-corrected chi connectivity index (χ2v) is 6.56. The van der Waals surface area contributed by atoms with Gasteiger partial charge in [-0.2, -0.15) is 0 Å². The zero-order valence-corrected chi connectivity index (χ0v) is 22.1. The van der Waals surface area contributed by atoms with Crippen LogP contribution in [0.25, 0.3) is 11.9 Å². The number of halogens is 1. The first-order valence-corrected chi connectivity index (χ1v) is 12.0. The second kappa shape index (κ2) is 14.3. The van der Waals surface area contributed by atoms with Crippen molar-refractivity contribution in [2.24, 2.45) is 21.1 Å². The summed E-state index contributed by atoms with van der Waals surface area (Å²) in [6, 6.07) is 1.53. The van der Waals surface area contributed by atoms with Crippen LogP contribution in [0.5, 0.6) is 0 Å². The molecule has 15 heteroatoms. The molecule has 3 amide bonds. The summed E-state index contributed by atoms with van der Waals surface area (Å²) in [5.41, 5.74) is 7.87. The number of rotatable bonds is 7.